The van der Waals surface area contributed by atoms with Crippen molar-refractivity contribution in [2.75, 3.05) is 7.11 Å². The molecule has 1 atom stereocenters. The number of rotatable bonds is 5. The zero-order valence-corrected chi connectivity index (χ0v) is 11.8. The number of nitrogens with one attached hydrogen (secondary N) is 1. The first-order valence-corrected chi connectivity index (χ1v) is 6.64. The molecule has 108 valence electrons. The fourth-order valence-electron chi connectivity index (χ4n) is 2.10. The van der Waals surface area contributed by atoms with Crippen LogP contribution in [0.5, 0.6) is 0 Å². The lowest BCUT2D eigenvalue weighted by molar-refractivity contribution is -0.142. The van der Waals surface area contributed by atoms with Gasteiger partial charge in [0, 0.05) is 5.56 Å². The maximum atomic E-state index is 12.2. The first-order valence-electron chi connectivity index (χ1n) is 6.64. The van der Waals surface area contributed by atoms with Crippen molar-refractivity contribution in [2.45, 2.75) is 12.5 Å². The van der Waals surface area contributed by atoms with E-state index < -0.39 is 12.0 Å². The number of methoxy groups -OCH3 is 1. The number of ether oxygens (including phenoxy) is 1. The molecule has 1 N–H and O–H groups in total. The highest BCUT2D eigenvalue weighted by Gasteiger charge is 2.20. The van der Waals surface area contributed by atoms with Crippen molar-refractivity contribution in [3.05, 3.63) is 60.7 Å². The van der Waals surface area contributed by atoms with Crippen molar-refractivity contribution in [3.8, 4) is 0 Å². The average molecular weight is 283 g/mol. The van der Waals surface area contributed by atoms with Gasteiger partial charge in [-0.25, -0.2) is 4.79 Å². The van der Waals surface area contributed by atoms with Gasteiger partial charge in [-0.15, -0.1) is 6.58 Å². The fraction of sp³-hybridized carbons (Fsp3) is 0.176. The number of benzene rings is 2. The van der Waals surface area contributed by atoms with Crippen LogP contribution in [0.3, 0.4) is 0 Å². The van der Waals surface area contributed by atoms with Crippen molar-refractivity contribution in [2.24, 2.45) is 0 Å². The van der Waals surface area contributed by atoms with Crippen molar-refractivity contribution >= 4 is 22.6 Å². The highest BCUT2D eigenvalue weighted by atomic mass is 16.5. The molecular weight excluding hydrogens is 266 g/mol. The van der Waals surface area contributed by atoms with Gasteiger partial charge in [-0.3, -0.25) is 4.79 Å². The van der Waals surface area contributed by atoms with Crippen LogP contribution in [0, 0.1) is 0 Å². The van der Waals surface area contributed by atoms with Gasteiger partial charge in [-0.05, 0) is 29.3 Å². The molecule has 0 heterocycles. The largest absolute Gasteiger partial charge is 0.467 e. The van der Waals surface area contributed by atoms with E-state index in [2.05, 4.69) is 16.6 Å². The maximum absolute atomic E-state index is 12.2. The first-order chi connectivity index (χ1) is 10.2. The third-order valence-electron chi connectivity index (χ3n) is 3.21. The molecule has 0 unspecified atom stereocenters. The highest BCUT2D eigenvalue weighted by Crippen LogP contribution is 2.15. The summed E-state index contributed by atoms with van der Waals surface area (Å²) in [5, 5.41) is 4.70. The van der Waals surface area contributed by atoms with Gasteiger partial charge in [0.25, 0.3) is 5.91 Å². The summed E-state index contributed by atoms with van der Waals surface area (Å²) in [7, 11) is 1.29. The number of fused-ring (bicyclic) bond motifs is 1. The molecule has 4 nitrogen and oxygen atoms in total. The van der Waals surface area contributed by atoms with Gasteiger partial charge in [0.05, 0.1) is 7.11 Å². The fourth-order valence-corrected chi connectivity index (χ4v) is 2.10. The Kier molecular flexibility index (Phi) is 4.72. The van der Waals surface area contributed by atoms with E-state index in [9.17, 15) is 9.59 Å². The Balaban J connectivity index is 2.20. The Labute approximate surface area is 123 Å². The molecule has 21 heavy (non-hydrogen) atoms. The van der Waals surface area contributed by atoms with Gasteiger partial charge < -0.3 is 10.1 Å². The molecule has 0 spiro atoms. The van der Waals surface area contributed by atoms with Gasteiger partial charge in [0.1, 0.15) is 6.04 Å². The lowest BCUT2D eigenvalue weighted by atomic mass is 10.1. The standard InChI is InChI=1S/C17H17NO3/c1-3-6-15(17(20)21-2)18-16(19)14-10-9-12-7-4-5-8-13(12)11-14/h3-5,7-11,15H,1,6H2,2H3,(H,18,19)/t15-/m0/s1. The summed E-state index contributed by atoms with van der Waals surface area (Å²) in [6, 6.07) is 12.5. The zero-order chi connectivity index (χ0) is 15.2. The minimum Gasteiger partial charge on any atom is -0.467 e. The molecule has 2 aromatic rings. The van der Waals surface area contributed by atoms with E-state index >= 15 is 0 Å². The molecule has 0 saturated heterocycles. The van der Waals surface area contributed by atoms with Crippen LogP contribution in [0.2, 0.25) is 0 Å². The predicted molar refractivity (Wildman–Crippen MR) is 82.0 cm³/mol. The Morgan fingerprint density at radius 2 is 1.95 bits per heavy atom. The van der Waals surface area contributed by atoms with E-state index in [4.69, 9.17) is 0 Å². The molecule has 0 aliphatic heterocycles. The molecular formula is C17H17NO3. The van der Waals surface area contributed by atoms with Crippen LogP contribution in [0.1, 0.15) is 16.8 Å². The highest BCUT2D eigenvalue weighted by molar-refractivity contribution is 6.00. The van der Waals surface area contributed by atoms with Crippen LogP contribution in [0.4, 0.5) is 0 Å². The molecule has 0 aromatic heterocycles. The molecule has 4 heteroatoms. The van der Waals surface area contributed by atoms with Crippen LogP contribution < -0.4 is 5.32 Å². The van der Waals surface area contributed by atoms with Crippen LogP contribution in [-0.4, -0.2) is 25.0 Å². The number of hydrogen-bond acceptors (Lipinski definition) is 3. The molecule has 0 saturated carbocycles. The van der Waals surface area contributed by atoms with Gasteiger partial charge in [0.2, 0.25) is 0 Å². The van der Waals surface area contributed by atoms with E-state index in [1.807, 2.05) is 30.3 Å². The minimum atomic E-state index is -0.716. The smallest absolute Gasteiger partial charge is 0.328 e. The summed E-state index contributed by atoms with van der Waals surface area (Å²) >= 11 is 0. The quantitative estimate of drug-likeness (QED) is 0.678. The molecule has 2 rings (SSSR count). The first kappa shape index (κ1) is 14.8. The summed E-state index contributed by atoms with van der Waals surface area (Å²) < 4.78 is 4.67. The normalized spacial score (nSPS) is 11.7. The number of esters is 1. The molecule has 0 aliphatic carbocycles. The van der Waals surface area contributed by atoms with Crippen LogP contribution in [0.25, 0.3) is 10.8 Å². The van der Waals surface area contributed by atoms with Crippen LogP contribution in [0.15, 0.2) is 55.1 Å². The van der Waals surface area contributed by atoms with E-state index in [-0.39, 0.29) is 5.91 Å². The lowest BCUT2D eigenvalue weighted by Gasteiger charge is -2.15. The van der Waals surface area contributed by atoms with Gasteiger partial charge >= 0.3 is 5.97 Å². The Hall–Kier alpha value is -2.62. The maximum Gasteiger partial charge on any atom is 0.328 e. The van der Waals surface area contributed by atoms with Gasteiger partial charge in [-0.2, -0.15) is 0 Å². The summed E-state index contributed by atoms with van der Waals surface area (Å²) in [5.74, 6) is -0.790. The summed E-state index contributed by atoms with van der Waals surface area (Å²) in [5.41, 5.74) is 0.506. The van der Waals surface area contributed by atoms with E-state index in [1.54, 1.807) is 18.2 Å². The van der Waals surface area contributed by atoms with Gasteiger partial charge in [0.15, 0.2) is 0 Å². The van der Waals surface area contributed by atoms with Gasteiger partial charge in [-0.1, -0.05) is 36.4 Å². The second-order valence-corrected chi connectivity index (χ2v) is 4.64. The number of hydrogen-bond donors (Lipinski definition) is 1. The van der Waals surface area contributed by atoms with E-state index in [0.717, 1.165) is 10.8 Å². The predicted octanol–water partition coefficient (Wildman–Crippen LogP) is 2.69. The van der Waals surface area contributed by atoms with Crippen LogP contribution in [-0.2, 0) is 9.53 Å². The van der Waals surface area contributed by atoms with Crippen LogP contribution >= 0.6 is 0 Å². The van der Waals surface area contributed by atoms with E-state index in [1.165, 1.54) is 7.11 Å². The molecule has 1 amide bonds. The third-order valence-corrected chi connectivity index (χ3v) is 3.21. The summed E-state index contributed by atoms with van der Waals surface area (Å²) in [4.78, 5) is 23.8. The Morgan fingerprint density at radius 1 is 1.24 bits per heavy atom. The van der Waals surface area contributed by atoms with Crippen molar-refractivity contribution in [1.82, 2.24) is 5.32 Å². The monoisotopic (exact) mass is 283 g/mol. The zero-order valence-electron chi connectivity index (χ0n) is 11.8. The van der Waals surface area contributed by atoms with Crippen molar-refractivity contribution < 1.29 is 14.3 Å². The van der Waals surface area contributed by atoms with Crippen molar-refractivity contribution in [1.29, 1.82) is 0 Å². The molecule has 0 radical (unpaired) electrons. The lowest BCUT2D eigenvalue weighted by Crippen LogP contribution is -2.41. The number of carbonyl (C=O) groups is 2. The number of carbonyl (C=O) groups excluding carboxylic acids is 2. The summed E-state index contributed by atoms with van der Waals surface area (Å²) in [6.45, 7) is 3.58. The SMILES string of the molecule is C=CC[C@H](NC(=O)c1ccc2ccccc2c1)C(=O)OC. The minimum absolute atomic E-state index is 0.307. The second kappa shape index (κ2) is 6.70. The molecule has 2 aromatic carbocycles. The number of amides is 1. The second-order valence-electron chi connectivity index (χ2n) is 4.64. The van der Waals surface area contributed by atoms with E-state index in [0.29, 0.717) is 12.0 Å². The van der Waals surface area contributed by atoms with Crippen molar-refractivity contribution in [3.63, 3.8) is 0 Å². The third kappa shape index (κ3) is 3.48. The molecule has 0 fully saturated rings. The topological polar surface area (TPSA) is 55.4 Å². The molecule has 0 bridgehead atoms. The Bertz CT molecular complexity index is 679. The summed E-state index contributed by atoms with van der Waals surface area (Å²) in [6.07, 6.45) is 1.90. The molecule has 0 aliphatic rings. The Morgan fingerprint density at radius 3 is 2.62 bits per heavy atom. The average Bonchev–Trinajstić information content (AvgIpc) is 2.53.